The topological polar surface area (TPSA) is 48.9 Å². The van der Waals surface area contributed by atoms with Crippen LogP contribution in [0.1, 0.15) is 26.3 Å². The summed E-state index contributed by atoms with van der Waals surface area (Å²) in [6, 6.07) is 7.82. The van der Waals surface area contributed by atoms with E-state index in [0.29, 0.717) is 6.54 Å². The Bertz CT molecular complexity index is 548. The van der Waals surface area contributed by atoms with Crippen molar-refractivity contribution < 1.29 is 4.74 Å². The molecule has 1 aliphatic rings. The summed E-state index contributed by atoms with van der Waals surface area (Å²) < 4.78 is 5.45. The molecule has 1 aromatic carbocycles. The number of nitrogens with one attached hydrogen (secondary N) is 2. The second kappa shape index (κ2) is 11.2. The third kappa shape index (κ3) is 7.29. The van der Waals surface area contributed by atoms with Crippen molar-refractivity contribution in [2.24, 2.45) is 4.99 Å². The van der Waals surface area contributed by atoms with Gasteiger partial charge in [-0.25, -0.2) is 4.99 Å². The second-order valence-electron chi connectivity index (χ2n) is 6.55. The van der Waals surface area contributed by atoms with E-state index in [4.69, 9.17) is 16.3 Å². The van der Waals surface area contributed by atoms with Crippen molar-refractivity contribution in [1.82, 2.24) is 15.5 Å². The smallest absolute Gasteiger partial charge is 0.191 e. The van der Waals surface area contributed by atoms with Crippen molar-refractivity contribution in [3.63, 3.8) is 0 Å². The first kappa shape index (κ1) is 22.5. The largest absolute Gasteiger partial charge is 0.379 e. The first-order valence-corrected chi connectivity index (χ1v) is 8.99. The number of nitrogens with zero attached hydrogens (tertiary/aromatic N) is 2. The van der Waals surface area contributed by atoms with E-state index in [9.17, 15) is 0 Å². The number of hydrogen-bond donors (Lipinski definition) is 2. The number of hydrogen-bond acceptors (Lipinski definition) is 3. The van der Waals surface area contributed by atoms with Gasteiger partial charge < -0.3 is 15.4 Å². The number of ether oxygens (including phenoxy) is 1. The minimum absolute atomic E-state index is 0. The van der Waals surface area contributed by atoms with Gasteiger partial charge in [-0.3, -0.25) is 4.90 Å². The van der Waals surface area contributed by atoms with Crippen molar-refractivity contribution in [3.05, 3.63) is 34.9 Å². The van der Waals surface area contributed by atoms with Gasteiger partial charge in [-0.1, -0.05) is 29.8 Å². The molecule has 5 nitrogen and oxygen atoms in total. The van der Waals surface area contributed by atoms with E-state index >= 15 is 0 Å². The normalized spacial score (nSPS) is 16.2. The Labute approximate surface area is 173 Å². The van der Waals surface area contributed by atoms with E-state index in [1.54, 1.807) is 0 Å². The highest BCUT2D eigenvalue weighted by Crippen LogP contribution is 2.16. The third-order valence-corrected chi connectivity index (χ3v) is 4.63. The van der Waals surface area contributed by atoms with Crippen LogP contribution in [0.3, 0.4) is 0 Å². The van der Waals surface area contributed by atoms with Crippen molar-refractivity contribution in [1.29, 1.82) is 0 Å². The van der Waals surface area contributed by atoms with Crippen LogP contribution in [0.4, 0.5) is 0 Å². The quantitative estimate of drug-likeness (QED) is 0.373. The molecule has 142 valence electrons. The van der Waals surface area contributed by atoms with Gasteiger partial charge in [0.2, 0.25) is 0 Å². The van der Waals surface area contributed by atoms with Gasteiger partial charge in [0.1, 0.15) is 0 Å². The van der Waals surface area contributed by atoms with Gasteiger partial charge in [-0.2, -0.15) is 0 Å². The molecular formula is C18H30ClIN4O. The van der Waals surface area contributed by atoms with Gasteiger partial charge in [0.25, 0.3) is 0 Å². The van der Waals surface area contributed by atoms with E-state index in [-0.39, 0.29) is 29.5 Å². The molecule has 0 aliphatic carbocycles. The lowest BCUT2D eigenvalue weighted by atomic mass is 10.0. The summed E-state index contributed by atoms with van der Waals surface area (Å²) >= 11 is 6.21. The van der Waals surface area contributed by atoms with E-state index in [1.807, 2.05) is 24.3 Å². The highest BCUT2D eigenvalue weighted by Gasteiger charge is 2.28. The lowest BCUT2D eigenvalue weighted by Crippen LogP contribution is -2.56. The maximum Gasteiger partial charge on any atom is 0.191 e. The Morgan fingerprint density at radius 2 is 1.92 bits per heavy atom. The van der Waals surface area contributed by atoms with Crippen molar-refractivity contribution in [3.8, 4) is 0 Å². The molecule has 2 N–H and O–H groups in total. The molecule has 25 heavy (non-hydrogen) atoms. The minimum Gasteiger partial charge on any atom is -0.379 e. The van der Waals surface area contributed by atoms with Crippen LogP contribution in [-0.2, 0) is 11.3 Å². The number of guanidine groups is 1. The predicted octanol–water partition coefficient (Wildman–Crippen LogP) is 3.12. The minimum atomic E-state index is 0. The molecule has 0 unspecified atom stereocenters. The molecule has 0 bridgehead atoms. The fourth-order valence-electron chi connectivity index (χ4n) is 2.71. The number of benzene rings is 1. The van der Waals surface area contributed by atoms with Crippen LogP contribution in [0.5, 0.6) is 0 Å². The lowest BCUT2D eigenvalue weighted by Gasteiger charge is -2.41. The maximum absolute atomic E-state index is 6.21. The second-order valence-corrected chi connectivity index (χ2v) is 6.96. The molecule has 1 aliphatic heterocycles. The molecule has 1 heterocycles. The highest BCUT2D eigenvalue weighted by molar-refractivity contribution is 14.0. The van der Waals surface area contributed by atoms with Gasteiger partial charge in [-0.15, -0.1) is 24.0 Å². The fraction of sp³-hybridized carbons (Fsp3) is 0.611. The van der Waals surface area contributed by atoms with Gasteiger partial charge >= 0.3 is 0 Å². The summed E-state index contributed by atoms with van der Waals surface area (Å²) in [5.41, 5.74) is 1.08. The standard InChI is InChI=1S/C18H29ClN4O.HI/c1-4-20-17(21-13-15-7-5-6-8-16(15)19)22-14-18(2,3)23-9-11-24-12-10-23;/h5-8H,4,9-14H2,1-3H3,(H2,20,21,22);1H. The summed E-state index contributed by atoms with van der Waals surface area (Å²) in [4.78, 5) is 7.12. The molecular weight excluding hydrogens is 451 g/mol. The molecule has 1 saturated heterocycles. The van der Waals surface area contributed by atoms with E-state index < -0.39 is 0 Å². The third-order valence-electron chi connectivity index (χ3n) is 4.27. The van der Waals surface area contributed by atoms with Crippen LogP contribution < -0.4 is 10.6 Å². The molecule has 7 heteroatoms. The lowest BCUT2D eigenvalue weighted by molar-refractivity contribution is -0.00834. The molecule has 1 aromatic rings. The molecule has 0 radical (unpaired) electrons. The Kier molecular flexibility index (Phi) is 10.1. The first-order chi connectivity index (χ1) is 11.5. The highest BCUT2D eigenvalue weighted by atomic mass is 127. The average molecular weight is 481 g/mol. The van der Waals surface area contributed by atoms with Crippen LogP contribution in [0, 0.1) is 0 Å². The molecule has 1 fully saturated rings. The molecule has 0 atom stereocenters. The molecule has 0 saturated carbocycles. The number of rotatable bonds is 6. The fourth-order valence-corrected chi connectivity index (χ4v) is 2.91. The summed E-state index contributed by atoms with van der Waals surface area (Å²) in [6.45, 7) is 12.4. The van der Waals surface area contributed by atoms with Crippen molar-refractivity contribution in [2.75, 3.05) is 39.4 Å². The van der Waals surface area contributed by atoms with E-state index in [0.717, 1.165) is 55.9 Å². The van der Waals surface area contributed by atoms with Gasteiger partial charge in [0.15, 0.2) is 5.96 Å². The van der Waals surface area contributed by atoms with Crippen LogP contribution in [0.2, 0.25) is 5.02 Å². The Balaban J connectivity index is 0.00000312. The predicted molar refractivity (Wildman–Crippen MR) is 116 cm³/mol. The van der Waals surface area contributed by atoms with Gasteiger partial charge in [-0.05, 0) is 32.4 Å². The van der Waals surface area contributed by atoms with Crippen molar-refractivity contribution >= 4 is 41.5 Å². The maximum atomic E-state index is 6.21. The number of halogens is 2. The van der Waals surface area contributed by atoms with Gasteiger partial charge in [0.05, 0.1) is 19.8 Å². The summed E-state index contributed by atoms with van der Waals surface area (Å²) in [5.74, 6) is 0.818. The Hall–Kier alpha value is -0.570. The number of aliphatic imine (C=N–C) groups is 1. The Morgan fingerprint density at radius 3 is 2.56 bits per heavy atom. The summed E-state index contributed by atoms with van der Waals surface area (Å²) in [7, 11) is 0. The zero-order valence-electron chi connectivity index (χ0n) is 15.3. The number of morpholine rings is 1. The van der Waals surface area contributed by atoms with Crippen LogP contribution in [-0.4, -0.2) is 55.8 Å². The molecule has 0 spiro atoms. The van der Waals surface area contributed by atoms with Crippen LogP contribution >= 0.6 is 35.6 Å². The zero-order valence-corrected chi connectivity index (χ0v) is 18.4. The molecule has 2 rings (SSSR count). The zero-order chi connectivity index (χ0) is 17.4. The van der Waals surface area contributed by atoms with E-state index in [2.05, 4.69) is 41.3 Å². The summed E-state index contributed by atoms with van der Waals surface area (Å²) in [5, 5.41) is 7.52. The molecule has 0 amide bonds. The Morgan fingerprint density at radius 1 is 1.24 bits per heavy atom. The summed E-state index contributed by atoms with van der Waals surface area (Å²) in [6.07, 6.45) is 0. The van der Waals surface area contributed by atoms with Crippen LogP contribution in [0.15, 0.2) is 29.3 Å². The average Bonchev–Trinajstić information content (AvgIpc) is 2.59. The first-order valence-electron chi connectivity index (χ1n) is 8.61. The monoisotopic (exact) mass is 480 g/mol. The molecule has 0 aromatic heterocycles. The van der Waals surface area contributed by atoms with Crippen molar-refractivity contribution in [2.45, 2.75) is 32.9 Å². The van der Waals surface area contributed by atoms with Gasteiger partial charge in [0, 0.05) is 36.7 Å². The van der Waals surface area contributed by atoms with Crippen LogP contribution in [0.25, 0.3) is 0 Å². The van der Waals surface area contributed by atoms with E-state index in [1.165, 1.54) is 0 Å². The SMILES string of the molecule is CCNC(=NCc1ccccc1Cl)NCC(C)(C)N1CCOCC1.I.